The highest BCUT2D eigenvalue weighted by Crippen LogP contribution is 2.81. The molecule has 0 nitrogen and oxygen atoms in total. The maximum Gasteiger partial charge on any atom is 0.0292 e. The van der Waals surface area contributed by atoms with E-state index in [2.05, 4.69) is 60.7 Å². The largest absolute Gasteiger partial charge is 0.0622 e. The van der Waals surface area contributed by atoms with Crippen molar-refractivity contribution >= 4 is 0 Å². The van der Waals surface area contributed by atoms with Crippen molar-refractivity contribution in [2.75, 3.05) is 0 Å². The summed E-state index contributed by atoms with van der Waals surface area (Å²) in [5, 5.41) is 0. The molecule has 8 saturated carbocycles. The zero-order valence-electron chi connectivity index (χ0n) is 19.5. The maximum atomic E-state index is 2.54. The standard InChI is InChI=1S/C32H38/c1-3-7-27(8-4-1)32(28-9-5-2-6-10-28)29-15-25-14-26(16-29)21-31(32,20-25)30-17-22-11-23(18-30)13-24(12-22)19-30/h1-10,22-26,29H,11-21H2. The summed E-state index contributed by atoms with van der Waals surface area (Å²) >= 11 is 0. The Kier molecular flexibility index (Phi) is 3.71. The lowest BCUT2D eigenvalue weighted by molar-refractivity contribution is -0.234. The summed E-state index contributed by atoms with van der Waals surface area (Å²) in [5.74, 6) is 5.96. The minimum atomic E-state index is 0.231. The van der Waals surface area contributed by atoms with Crippen LogP contribution in [0.15, 0.2) is 60.7 Å². The van der Waals surface area contributed by atoms with Crippen LogP contribution in [-0.4, -0.2) is 0 Å². The SMILES string of the molecule is c1ccc(C2(c3ccccc3)C3CC4CC(C3)CC2(C23CC5CC(CC(C5)C2)C3)C4)cc1. The first kappa shape index (κ1) is 18.8. The molecule has 10 rings (SSSR count). The highest BCUT2D eigenvalue weighted by atomic mass is 14.8. The highest BCUT2D eigenvalue weighted by Gasteiger charge is 2.74. The van der Waals surface area contributed by atoms with Gasteiger partial charge in [0.25, 0.3) is 0 Å². The second-order valence-corrected chi connectivity index (χ2v) is 13.4. The second kappa shape index (κ2) is 6.31. The van der Waals surface area contributed by atoms with Gasteiger partial charge in [-0.05, 0) is 128 Å². The van der Waals surface area contributed by atoms with Crippen molar-refractivity contribution in [1.29, 1.82) is 0 Å². The average molecular weight is 423 g/mol. The number of hydrogen-bond acceptors (Lipinski definition) is 0. The van der Waals surface area contributed by atoms with E-state index in [9.17, 15) is 0 Å². The molecule has 0 aromatic heterocycles. The van der Waals surface area contributed by atoms with Gasteiger partial charge in [0.15, 0.2) is 0 Å². The van der Waals surface area contributed by atoms with E-state index in [0.29, 0.717) is 10.8 Å². The lowest BCUT2D eigenvalue weighted by Gasteiger charge is -2.77. The lowest BCUT2D eigenvalue weighted by Crippen LogP contribution is -2.71. The Bertz CT molecular complexity index is 928. The average Bonchev–Trinajstić information content (AvgIpc) is 2.79. The molecule has 0 N–H and O–H groups in total. The fourth-order valence-corrected chi connectivity index (χ4v) is 12.2. The number of rotatable bonds is 3. The summed E-state index contributed by atoms with van der Waals surface area (Å²) < 4.78 is 0. The molecule has 0 amide bonds. The van der Waals surface area contributed by atoms with E-state index in [1.165, 1.54) is 25.7 Å². The van der Waals surface area contributed by atoms with Crippen molar-refractivity contribution < 1.29 is 0 Å². The third-order valence-electron chi connectivity index (χ3n) is 12.1. The molecular formula is C32H38. The Morgan fingerprint density at radius 3 is 1.31 bits per heavy atom. The van der Waals surface area contributed by atoms with Crippen molar-refractivity contribution in [3.05, 3.63) is 71.8 Å². The van der Waals surface area contributed by atoms with Gasteiger partial charge in [-0.2, -0.15) is 0 Å². The van der Waals surface area contributed by atoms with Gasteiger partial charge in [0.1, 0.15) is 0 Å². The lowest BCUT2D eigenvalue weighted by atomic mass is 9.27. The third kappa shape index (κ3) is 2.17. The normalized spacial score (nSPS) is 47.1. The van der Waals surface area contributed by atoms with E-state index < -0.39 is 0 Å². The number of benzene rings is 2. The van der Waals surface area contributed by atoms with Crippen molar-refractivity contribution in [3.63, 3.8) is 0 Å². The molecule has 8 aliphatic carbocycles. The molecule has 2 atom stereocenters. The smallest absolute Gasteiger partial charge is 0.0292 e. The monoisotopic (exact) mass is 422 g/mol. The topological polar surface area (TPSA) is 0 Å². The Labute approximate surface area is 194 Å². The van der Waals surface area contributed by atoms with Crippen molar-refractivity contribution in [3.8, 4) is 0 Å². The molecule has 0 heterocycles. The maximum absolute atomic E-state index is 2.54. The molecule has 8 aliphatic rings. The molecule has 8 fully saturated rings. The van der Waals surface area contributed by atoms with Crippen LogP contribution in [-0.2, 0) is 5.41 Å². The van der Waals surface area contributed by atoms with Crippen LogP contribution in [0.25, 0.3) is 0 Å². The van der Waals surface area contributed by atoms with E-state index in [-0.39, 0.29) is 5.41 Å². The van der Waals surface area contributed by atoms with Crippen molar-refractivity contribution in [1.82, 2.24) is 0 Å². The van der Waals surface area contributed by atoms with Gasteiger partial charge in [0.2, 0.25) is 0 Å². The predicted molar refractivity (Wildman–Crippen MR) is 130 cm³/mol. The Morgan fingerprint density at radius 2 is 0.875 bits per heavy atom. The molecular weight excluding hydrogens is 384 g/mol. The van der Waals surface area contributed by atoms with Crippen molar-refractivity contribution in [2.24, 2.45) is 46.3 Å². The van der Waals surface area contributed by atoms with Gasteiger partial charge in [-0.15, -0.1) is 0 Å². The molecule has 2 aromatic carbocycles. The Hall–Kier alpha value is -1.56. The molecule has 166 valence electrons. The van der Waals surface area contributed by atoms with Crippen LogP contribution in [0.4, 0.5) is 0 Å². The van der Waals surface area contributed by atoms with Gasteiger partial charge in [0, 0.05) is 5.41 Å². The summed E-state index contributed by atoms with van der Waals surface area (Å²) in [5.41, 5.74) is 4.66. The van der Waals surface area contributed by atoms with E-state index in [4.69, 9.17) is 0 Å². The van der Waals surface area contributed by atoms with Crippen LogP contribution in [0.1, 0.15) is 81.8 Å². The first-order chi connectivity index (χ1) is 15.7. The fraction of sp³-hybridized carbons (Fsp3) is 0.625. The highest BCUT2D eigenvalue weighted by molar-refractivity contribution is 5.48. The molecule has 0 heteroatoms. The van der Waals surface area contributed by atoms with Gasteiger partial charge in [0.05, 0.1) is 0 Å². The Morgan fingerprint density at radius 1 is 0.469 bits per heavy atom. The fourth-order valence-electron chi connectivity index (χ4n) is 12.2. The van der Waals surface area contributed by atoms with Crippen LogP contribution in [0.2, 0.25) is 0 Å². The molecule has 32 heavy (non-hydrogen) atoms. The van der Waals surface area contributed by atoms with Crippen LogP contribution >= 0.6 is 0 Å². The predicted octanol–water partition coefficient (Wildman–Crippen LogP) is 8.02. The van der Waals surface area contributed by atoms with Crippen molar-refractivity contribution in [2.45, 2.75) is 76.0 Å². The molecule has 2 unspecified atom stereocenters. The minimum absolute atomic E-state index is 0.231. The van der Waals surface area contributed by atoms with Gasteiger partial charge in [-0.3, -0.25) is 0 Å². The summed E-state index contributed by atoms with van der Waals surface area (Å²) in [6, 6.07) is 24.0. The van der Waals surface area contributed by atoms with E-state index >= 15 is 0 Å². The van der Waals surface area contributed by atoms with Gasteiger partial charge in [-0.1, -0.05) is 60.7 Å². The zero-order chi connectivity index (χ0) is 21.0. The summed E-state index contributed by atoms with van der Waals surface area (Å²) in [6.45, 7) is 0. The van der Waals surface area contributed by atoms with Gasteiger partial charge >= 0.3 is 0 Å². The van der Waals surface area contributed by atoms with Crippen LogP contribution < -0.4 is 0 Å². The third-order valence-corrected chi connectivity index (χ3v) is 12.1. The summed E-state index contributed by atoms with van der Waals surface area (Å²) in [6.07, 6.45) is 16.9. The minimum Gasteiger partial charge on any atom is -0.0622 e. The Balaban J connectivity index is 1.43. The summed E-state index contributed by atoms with van der Waals surface area (Å²) in [4.78, 5) is 0. The molecule has 0 aliphatic heterocycles. The quantitative estimate of drug-likeness (QED) is 0.470. The van der Waals surface area contributed by atoms with Gasteiger partial charge < -0.3 is 0 Å². The van der Waals surface area contributed by atoms with Crippen LogP contribution in [0.5, 0.6) is 0 Å². The molecule has 8 bridgehead atoms. The molecule has 0 radical (unpaired) electrons. The first-order valence-corrected chi connectivity index (χ1v) is 13.8. The molecule has 0 saturated heterocycles. The molecule has 0 spiro atoms. The first-order valence-electron chi connectivity index (χ1n) is 13.8. The second-order valence-electron chi connectivity index (χ2n) is 13.4. The van der Waals surface area contributed by atoms with Crippen LogP contribution in [0.3, 0.4) is 0 Å². The zero-order valence-corrected chi connectivity index (χ0v) is 19.5. The van der Waals surface area contributed by atoms with E-state index in [0.717, 1.165) is 35.5 Å². The number of hydrogen-bond donors (Lipinski definition) is 0. The van der Waals surface area contributed by atoms with E-state index in [1.54, 1.807) is 56.1 Å². The van der Waals surface area contributed by atoms with E-state index in [1.807, 2.05) is 0 Å². The van der Waals surface area contributed by atoms with Crippen LogP contribution in [0, 0.1) is 46.3 Å². The summed E-state index contributed by atoms with van der Waals surface area (Å²) in [7, 11) is 0. The molecule has 2 aromatic rings. The van der Waals surface area contributed by atoms with Gasteiger partial charge in [-0.25, -0.2) is 0 Å².